The van der Waals surface area contributed by atoms with Crippen LogP contribution in [-0.4, -0.2) is 35.1 Å². The number of aliphatic carboxylic acids is 1. The summed E-state index contributed by atoms with van der Waals surface area (Å²) in [5, 5.41) is 8.70. The SMILES string of the molecule is CCC(CC)N(CCC(=O)O)CC(C)C. The summed E-state index contributed by atoms with van der Waals surface area (Å²) in [5.41, 5.74) is 0. The van der Waals surface area contributed by atoms with Gasteiger partial charge >= 0.3 is 5.97 Å². The number of nitrogens with zero attached hydrogens (tertiary/aromatic N) is 1. The minimum Gasteiger partial charge on any atom is -0.481 e. The number of hydrogen-bond donors (Lipinski definition) is 1. The average molecular weight is 215 g/mol. The molecule has 3 nitrogen and oxygen atoms in total. The van der Waals surface area contributed by atoms with E-state index in [4.69, 9.17) is 5.11 Å². The van der Waals surface area contributed by atoms with Gasteiger partial charge in [-0.05, 0) is 18.8 Å². The molecule has 0 rings (SSSR count). The molecule has 0 spiro atoms. The second-order valence-corrected chi connectivity index (χ2v) is 4.50. The van der Waals surface area contributed by atoms with Gasteiger partial charge < -0.3 is 5.11 Å². The van der Waals surface area contributed by atoms with Gasteiger partial charge in [0.05, 0.1) is 6.42 Å². The average Bonchev–Trinajstić information content (AvgIpc) is 2.14. The zero-order valence-electron chi connectivity index (χ0n) is 10.5. The van der Waals surface area contributed by atoms with Crippen LogP contribution in [0.4, 0.5) is 0 Å². The summed E-state index contributed by atoms with van der Waals surface area (Å²) < 4.78 is 0. The third-order valence-electron chi connectivity index (χ3n) is 2.67. The number of carbonyl (C=O) groups is 1. The third kappa shape index (κ3) is 6.50. The van der Waals surface area contributed by atoms with Gasteiger partial charge in [-0.1, -0.05) is 27.7 Å². The molecule has 0 bridgehead atoms. The summed E-state index contributed by atoms with van der Waals surface area (Å²) in [7, 11) is 0. The van der Waals surface area contributed by atoms with Crippen molar-refractivity contribution in [3.8, 4) is 0 Å². The van der Waals surface area contributed by atoms with Crippen molar-refractivity contribution in [3.05, 3.63) is 0 Å². The van der Waals surface area contributed by atoms with Gasteiger partial charge in [-0.25, -0.2) is 0 Å². The highest BCUT2D eigenvalue weighted by atomic mass is 16.4. The molecule has 0 aliphatic carbocycles. The molecule has 0 aliphatic rings. The summed E-state index contributed by atoms with van der Waals surface area (Å²) in [6.45, 7) is 10.4. The smallest absolute Gasteiger partial charge is 0.304 e. The fourth-order valence-corrected chi connectivity index (χ4v) is 1.94. The Balaban J connectivity index is 4.21. The zero-order valence-corrected chi connectivity index (χ0v) is 10.5. The van der Waals surface area contributed by atoms with Crippen LogP contribution in [0.5, 0.6) is 0 Å². The molecule has 0 saturated carbocycles. The summed E-state index contributed by atoms with van der Waals surface area (Å²) in [6.07, 6.45) is 2.45. The van der Waals surface area contributed by atoms with Gasteiger partial charge in [0.25, 0.3) is 0 Å². The van der Waals surface area contributed by atoms with Crippen molar-refractivity contribution < 1.29 is 9.90 Å². The van der Waals surface area contributed by atoms with Crippen molar-refractivity contribution in [1.82, 2.24) is 4.90 Å². The van der Waals surface area contributed by atoms with Gasteiger partial charge in [-0.2, -0.15) is 0 Å². The molecule has 0 fully saturated rings. The van der Waals surface area contributed by atoms with E-state index in [0.29, 0.717) is 18.5 Å². The molecule has 0 aromatic heterocycles. The van der Waals surface area contributed by atoms with Crippen molar-refractivity contribution in [2.24, 2.45) is 5.92 Å². The standard InChI is InChI=1S/C12H25NO2/c1-5-11(6-2)13(9-10(3)4)8-7-12(14)15/h10-11H,5-9H2,1-4H3,(H,14,15). The predicted molar refractivity (Wildman–Crippen MR) is 63.0 cm³/mol. The van der Waals surface area contributed by atoms with E-state index >= 15 is 0 Å². The third-order valence-corrected chi connectivity index (χ3v) is 2.67. The number of carboxylic acids is 1. The van der Waals surface area contributed by atoms with Gasteiger partial charge in [-0.3, -0.25) is 9.69 Å². The van der Waals surface area contributed by atoms with Crippen LogP contribution in [0.3, 0.4) is 0 Å². The lowest BCUT2D eigenvalue weighted by molar-refractivity contribution is -0.137. The Morgan fingerprint density at radius 2 is 1.80 bits per heavy atom. The van der Waals surface area contributed by atoms with Crippen LogP contribution < -0.4 is 0 Å². The van der Waals surface area contributed by atoms with Gasteiger partial charge in [0.1, 0.15) is 0 Å². The second kappa shape index (κ2) is 7.69. The van der Waals surface area contributed by atoms with Crippen LogP contribution in [0.2, 0.25) is 0 Å². The first-order chi connectivity index (χ1) is 7.01. The highest BCUT2D eigenvalue weighted by molar-refractivity contribution is 5.66. The monoisotopic (exact) mass is 215 g/mol. The summed E-state index contributed by atoms with van der Waals surface area (Å²) in [4.78, 5) is 12.9. The highest BCUT2D eigenvalue weighted by Crippen LogP contribution is 2.11. The van der Waals surface area contributed by atoms with Crippen molar-refractivity contribution in [1.29, 1.82) is 0 Å². The molecule has 0 aromatic rings. The van der Waals surface area contributed by atoms with E-state index < -0.39 is 5.97 Å². The first kappa shape index (κ1) is 14.4. The quantitative estimate of drug-likeness (QED) is 0.676. The summed E-state index contributed by atoms with van der Waals surface area (Å²) in [6, 6.07) is 0.534. The molecule has 90 valence electrons. The van der Waals surface area contributed by atoms with E-state index in [1.165, 1.54) is 0 Å². The van der Waals surface area contributed by atoms with Gasteiger partial charge in [-0.15, -0.1) is 0 Å². The lowest BCUT2D eigenvalue weighted by Crippen LogP contribution is -2.38. The van der Waals surface area contributed by atoms with Crippen molar-refractivity contribution >= 4 is 5.97 Å². The summed E-state index contributed by atoms with van der Waals surface area (Å²) in [5.74, 6) is -0.103. The van der Waals surface area contributed by atoms with Gasteiger partial charge in [0.15, 0.2) is 0 Å². The molecular formula is C12H25NO2. The van der Waals surface area contributed by atoms with E-state index in [-0.39, 0.29) is 6.42 Å². The normalized spacial score (nSPS) is 11.7. The maximum Gasteiger partial charge on any atom is 0.304 e. The lowest BCUT2D eigenvalue weighted by atomic mass is 10.1. The minimum absolute atomic E-state index is 0.253. The fraction of sp³-hybridized carbons (Fsp3) is 0.917. The topological polar surface area (TPSA) is 40.5 Å². The maximum absolute atomic E-state index is 10.6. The van der Waals surface area contributed by atoms with Crippen LogP contribution in [0, 0.1) is 5.92 Å². The van der Waals surface area contributed by atoms with Crippen molar-refractivity contribution in [2.75, 3.05) is 13.1 Å². The second-order valence-electron chi connectivity index (χ2n) is 4.50. The van der Waals surface area contributed by atoms with Crippen LogP contribution in [0.15, 0.2) is 0 Å². The van der Waals surface area contributed by atoms with Crippen LogP contribution in [-0.2, 0) is 4.79 Å². The summed E-state index contributed by atoms with van der Waals surface area (Å²) >= 11 is 0. The molecule has 0 aromatic carbocycles. The molecule has 0 saturated heterocycles. The first-order valence-corrected chi connectivity index (χ1v) is 5.97. The van der Waals surface area contributed by atoms with Crippen LogP contribution >= 0.6 is 0 Å². The molecule has 1 N–H and O–H groups in total. The Kier molecular flexibility index (Phi) is 7.39. The number of hydrogen-bond acceptors (Lipinski definition) is 2. The van der Waals surface area contributed by atoms with Crippen LogP contribution in [0.1, 0.15) is 47.0 Å². The van der Waals surface area contributed by atoms with Crippen LogP contribution in [0.25, 0.3) is 0 Å². The molecule has 3 heteroatoms. The molecule has 0 unspecified atom stereocenters. The first-order valence-electron chi connectivity index (χ1n) is 5.97. The van der Waals surface area contributed by atoms with Gasteiger partial charge in [0, 0.05) is 19.1 Å². The highest BCUT2D eigenvalue weighted by Gasteiger charge is 2.16. The Labute approximate surface area is 93.5 Å². The Morgan fingerprint density at radius 3 is 2.13 bits per heavy atom. The Hall–Kier alpha value is -0.570. The molecular weight excluding hydrogens is 190 g/mol. The fourth-order valence-electron chi connectivity index (χ4n) is 1.94. The Morgan fingerprint density at radius 1 is 1.27 bits per heavy atom. The van der Waals surface area contributed by atoms with E-state index in [2.05, 4.69) is 32.6 Å². The molecule has 15 heavy (non-hydrogen) atoms. The van der Waals surface area contributed by atoms with E-state index in [9.17, 15) is 4.79 Å². The number of rotatable bonds is 8. The van der Waals surface area contributed by atoms with Crippen molar-refractivity contribution in [3.63, 3.8) is 0 Å². The lowest BCUT2D eigenvalue weighted by Gasteiger charge is -2.31. The molecule has 0 radical (unpaired) electrons. The van der Waals surface area contributed by atoms with E-state index in [1.807, 2.05) is 0 Å². The van der Waals surface area contributed by atoms with E-state index in [1.54, 1.807) is 0 Å². The number of carboxylic acid groups (broad SMARTS) is 1. The zero-order chi connectivity index (χ0) is 11.8. The molecule has 0 heterocycles. The molecule has 0 amide bonds. The maximum atomic E-state index is 10.6. The van der Waals surface area contributed by atoms with Crippen molar-refractivity contribution in [2.45, 2.75) is 53.0 Å². The molecule has 0 atom stereocenters. The predicted octanol–water partition coefficient (Wildman–Crippen LogP) is 2.61. The molecule has 0 aliphatic heterocycles. The van der Waals surface area contributed by atoms with Gasteiger partial charge in [0.2, 0.25) is 0 Å². The largest absolute Gasteiger partial charge is 0.481 e. The Bertz CT molecular complexity index is 176. The minimum atomic E-state index is -0.699. The van der Waals surface area contributed by atoms with E-state index in [0.717, 1.165) is 19.4 Å².